The zero-order chi connectivity index (χ0) is 10.3. The van der Waals surface area contributed by atoms with E-state index in [4.69, 9.17) is 5.73 Å². The number of thioether (sulfide) groups is 1. The molecule has 0 saturated heterocycles. The van der Waals surface area contributed by atoms with Crippen molar-refractivity contribution in [3.05, 3.63) is 29.3 Å². The lowest BCUT2D eigenvalue weighted by Gasteiger charge is -2.26. The fourth-order valence-electron chi connectivity index (χ4n) is 1.71. The smallest absolute Gasteiger partial charge is 0.140 e. The van der Waals surface area contributed by atoms with E-state index < -0.39 is 11.6 Å². The van der Waals surface area contributed by atoms with Crippen LogP contribution in [0.5, 0.6) is 0 Å². The molecule has 0 saturated carbocycles. The summed E-state index contributed by atoms with van der Waals surface area (Å²) in [5, 5.41) is 0.289. The van der Waals surface area contributed by atoms with Gasteiger partial charge in [-0.15, -0.1) is 11.8 Å². The third-order valence-electron chi connectivity index (χ3n) is 2.34. The van der Waals surface area contributed by atoms with Gasteiger partial charge in [-0.25, -0.2) is 8.78 Å². The molecule has 4 heteroatoms. The highest BCUT2D eigenvalue weighted by Gasteiger charge is 2.25. The Kier molecular flexibility index (Phi) is 2.49. The largest absolute Gasteiger partial charge is 0.324 e. The molecule has 1 aromatic carbocycles. The number of rotatable bonds is 0. The van der Waals surface area contributed by atoms with Crippen LogP contribution in [0.25, 0.3) is 0 Å². The molecular formula is C10H11F2NS. The minimum absolute atomic E-state index is 0.244. The number of benzene rings is 1. The molecule has 1 aliphatic heterocycles. The molecule has 2 unspecified atom stereocenters. The summed E-state index contributed by atoms with van der Waals surface area (Å²) in [7, 11) is 0. The van der Waals surface area contributed by atoms with E-state index in [1.165, 1.54) is 17.8 Å². The summed E-state index contributed by atoms with van der Waals surface area (Å²) in [6.45, 7) is 2.00. The Hall–Kier alpha value is -0.610. The van der Waals surface area contributed by atoms with Gasteiger partial charge >= 0.3 is 0 Å². The van der Waals surface area contributed by atoms with E-state index in [-0.39, 0.29) is 11.3 Å². The maximum Gasteiger partial charge on any atom is 0.140 e. The highest BCUT2D eigenvalue weighted by molar-refractivity contribution is 8.00. The third kappa shape index (κ3) is 1.64. The van der Waals surface area contributed by atoms with Crippen LogP contribution >= 0.6 is 11.8 Å². The predicted molar refractivity (Wildman–Crippen MR) is 53.2 cm³/mol. The quantitative estimate of drug-likeness (QED) is 0.720. The zero-order valence-electron chi connectivity index (χ0n) is 7.76. The normalized spacial score (nSPS) is 26.0. The standard InChI is InChI=1S/C10H11F2NS/c1-5-2-9(13)7-3-6(11)4-8(12)10(7)14-5/h3-5,9H,2,13H2,1H3. The molecule has 76 valence electrons. The number of nitrogens with two attached hydrogens (primary N) is 1. The first kappa shape index (κ1) is 9.93. The van der Waals surface area contributed by atoms with Gasteiger partial charge in [0.25, 0.3) is 0 Å². The van der Waals surface area contributed by atoms with Gasteiger partial charge in [0.15, 0.2) is 0 Å². The molecule has 1 nitrogen and oxygen atoms in total. The predicted octanol–water partition coefficient (Wildman–Crippen LogP) is 2.85. The van der Waals surface area contributed by atoms with E-state index in [9.17, 15) is 8.78 Å². The van der Waals surface area contributed by atoms with Crippen LogP contribution in [0.4, 0.5) is 8.78 Å². The van der Waals surface area contributed by atoms with Crippen molar-refractivity contribution in [1.82, 2.24) is 0 Å². The summed E-state index contributed by atoms with van der Waals surface area (Å²) in [5.41, 5.74) is 6.43. The Bertz CT molecular complexity index is 367. The van der Waals surface area contributed by atoms with Crippen molar-refractivity contribution >= 4 is 11.8 Å². The highest BCUT2D eigenvalue weighted by atomic mass is 32.2. The zero-order valence-corrected chi connectivity index (χ0v) is 8.57. The van der Waals surface area contributed by atoms with Crippen molar-refractivity contribution in [3.8, 4) is 0 Å². The van der Waals surface area contributed by atoms with Crippen LogP contribution in [0.1, 0.15) is 24.9 Å². The van der Waals surface area contributed by atoms with Crippen LogP contribution in [-0.4, -0.2) is 5.25 Å². The summed E-state index contributed by atoms with van der Waals surface area (Å²) in [6.07, 6.45) is 0.764. The lowest BCUT2D eigenvalue weighted by Crippen LogP contribution is -2.21. The second kappa shape index (κ2) is 3.51. The molecule has 0 amide bonds. The van der Waals surface area contributed by atoms with Gasteiger partial charge in [0.2, 0.25) is 0 Å². The van der Waals surface area contributed by atoms with E-state index >= 15 is 0 Å². The first-order valence-electron chi connectivity index (χ1n) is 4.49. The lowest BCUT2D eigenvalue weighted by molar-refractivity contribution is 0.535. The van der Waals surface area contributed by atoms with Crippen LogP contribution in [0.15, 0.2) is 17.0 Å². The second-order valence-corrected chi connectivity index (χ2v) is 5.03. The molecule has 1 aliphatic rings. The summed E-state index contributed by atoms with van der Waals surface area (Å²) >= 11 is 1.43. The Morgan fingerprint density at radius 3 is 2.86 bits per heavy atom. The fraction of sp³-hybridized carbons (Fsp3) is 0.400. The summed E-state index contributed by atoms with van der Waals surface area (Å²) < 4.78 is 26.3. The minimum Gasteiger partial charge on any atom is -0.324 e. The van der Waals surface area contributed by atoms with Gasteiger partial charge < -0.3 is 5.73 Å². The lowest BCUT2D eigenvalue weighted by atomic mass is 10.0. The molecule has 0 bridgehead atoms. The van der Waals surface area contributed by atoms with E-state index in [2.05, 4.69) is 0 Å². The van der Waals surface area contributed by atoms with Gasteiger partial charge in [-0.3, -0.25) is 0 Å². The van der Waals surface area contributed by atoms with Gasteiger partial charge in [-0.1, -0.05) is 6.92 Å². The number of hydrogen-bond acceptors (Lipinski definition) is 2. The molecule has 0 aliphatic carbocycles. The van der Waals surface area contributed by atoms with Crippen LogP contribution in [0.3, 0.4) is 0 Å². The van der Waals surface area contributed by atoms with E-state index in [1.54, 1.807) is 0 Å². The number of fused-ring (bicyclic) bond motifs is 1. The Morgan fingerprint density at radius 1 is 1.43 bits per heavy atom. The first-order valence-corrected chi connectivity index (χ1v) is 5.37. The van der Waals surface area contributed by atoms with E-state index in [1.807, 2.05) is 6.92 Å². The highest BCUT2D eigenvalue weighted by Crippen LogP contribution is 2.41. The van der Waals surface area contributed by atoms with Crippen molar-refractivity contribution < 1.29 is 8.78 Å². The van der Waals surface area contributed by atoms with Gasteiger partial charge in [0.1, 0.15) is 11.6 Å². The fourth-order valence-corrected chi connectivity index (χ4v) is 2.94. The number of hydrogen-bond donors (Lipinski definition) is 1. The molecule has 0 aromatic heterocycles. The molecule has 14 heavy (non-hydrogen) atoms. The monoisotopic (exact) mass is 215 g/mol. The summed E-state index contributed by atoms with van der Waals surface area (Å²) in [5.74, 6) is -1.04. The van der Waals surface area contributed by atoms with Crippen LogP contribution in [-0.2, 0) is 0 Å². The second-order valence-electron chi connectivity index (χ2n) is 3.58. The van der Waals surface area contributed by atoms with E-state index in [0.29, 0.717) is 10.5 Å². The van der Waals surface area contributed by atoms with Crippen molar-refractivity contribution in [2.45, 2.75) is 29.5 Å². The van der Waals surface area contributed by atoms with Crippen LogP contribution in [0.2, 0.25) is 0 Å². The van der Waals surface area contributed by atoms with Crippen LogP contribution < -0.4 is 5.73 Å². The van der Waals surface area contributed by atoms with Crippen molar-refractivity contribution in [2.24, 2.45) is 5.73 Å². The molecule has 2 N–H and O–H groups in total. The third-order valence-corrected chi connectivity index (χ3v) is 3.60. The Morgan fingerprint density at radius 2 is 2.14 bits per heavy atom. The molecule has 2 atom stereocenters. The molecular weight excluding hydrogens is 204 g/mol. The average Bonchev–Trinajstić information content (AvgIpc) is 2.07. The topological polar surface area (TPSA) is 26.0 Å². The maximum atomic E-state index is 13.4. The number of halogens is 2. The van der Waals surface area contributed by atoms with Gasteiger partial charge in [-0.2, -0.15) is 0 Å². The Labute approximate surface area is 85.7 Å². The van der Waals surface area contributed by atoms with Gasteiger partial charge in [0, 0.05) is 22.3 Å². The molecule has 0 spiro atoms. The van der Waals surface area contributed by atoms with Crippen molar-refractivity contribution in [3.63, 3.8) is 0 Å². The van der Waals surface area contributed by atoms with E-state index in [0.717, 1.165) is 12.5 Å². The van der Waals surface area contributed by atoms with Crippen molar-refractivity contribution in [2.75, 3.05) is 0 Å². The van der Waals surface area contributed by atoms with Crippen molar-refractivity contribution in [1.29, 1.82) is 0 Å². The average molecular weight is 215 g/mol. The summed E-state index contributed by atoms with van der Waals surface area (Å²) in [4.78, 5) is 0.512. The van der Waals surface area contributed by atoms with Gasteiger partial charge in [0.05, 0.1) is 0 Å². The molecule has 1 aromatic rings. The SMILES string of the molecule is CC1CC(N)c2cc(F)cc(F)c2S1. The Balaban J connectivity index is 2.53. The molecule has 1 heterocycles. The van der Waals surface area contributed by atoms with Gasteiger partial charge in [-0.05, 0) is 18.1 Å². The maximum absolute atomic E-state index is 13.4. The first-order chi connectivity index (χ1) is 6.58. The molecule has 0 radical (unpaired) electrons. The summed E-state index contributed by atoms with van der Waals surface area (Å²) in [6, 6.07) is 2.00. The minimum atomic E-state index is -0.549. The molecule has 0 fully saturated rings. The van der Waals surface area contributed by atoms with Crippen LogP contribution in [0, 0.1) is 11.6 Å². The molecule has 2 rings (SSSR count).